The van der Waals surface area contributed by atoms with Gasteiger partial charge in [-0.15, -0.1) is 29.7 Å². The van der Waals surface area contributed by atoms with Gasteiger partial charge in [-0.05, 0) is 33.0 Å². The molecule has 0 amide bonds. The van der Waals surface area contributed by atoms with Crippen LogP contribution in [-0.4, -0.2) is 17.6 Å². The Morgan fingerprint density at radius 2 is 1.57 bits per heavy atom. The Bertz CT molecular complexity index is 726. The molecule has 3 rings (SSSR count). The summed E-state index contributed by atoms with van der Waals surface area (Å²) in [5, 5.41) is 2.66. The molecule has 1 nitrogen and oxygen atoms in total. The number of hydrogen-bond donors (Lipinski definition) is 0. The van der Waals surface area contributed by atoms with E-state index >= 15 is 0 Å². The molecular formula is C23H32Cl2OSiZr-2. The van der Waals surface area contributed by atoms with Crippen molar-refractivity contribution in [3.05, 3.63) is 72.3 Å². The van der Waals surface area contributed by atoms with Crippen LogP contribution in [0, 0.1) is 0 Å². The van der Waals surface area contributed by atoms with Crippen LogP contribution in [0.4, 0.5) is 0 Å². The zero-order valence-corrected chi connectivity index (χ0v) is 22.8. The van der Waals surface area contributed by atoms with Gasteiger partial charge in [-0.1, -0.05) is 6.07 Å². The molecule has 1 atom stereocenters. The molecule has 0 bridgehead atoms. The second-order valence-corrected chi connectivity index (χ2v) is 14.6. The van der Waals surface area contributed by atoms with E-state index in [9.17, 15) is 0 Å². The Hall–Kier alpha value is -0.310. The van der Waals surface area contributed by atoms with E-state index in [2.05, 4.69) is 107 Å². The molecule has 1 unspecified atom stereocenters. The molecule has 0 aliphatic carbocycles. The molecule has 3 aromatic carbocycles. The van der Waals surface area contributed by atoms with E-state index in [1.54, 1.807) is 24.2 Å². The van der Waals surface area contributed by atoms with Gasteiger partial charge < -0.3 is 29.2 Å². The average molecular weight is 515 g/mol. The van der Waals surface area contributed by atoms with Gasteiger partial charge >= 0.3 is 41.3 Å². The zero-order valence-electron chi connectivity index (χ0n) is 17.8. The third-order valence-corrected chi connectivity index (χ3v) is 4.47. The van der Waals surface area contributed by atoms with Crippen molar-refractivity contribution < 1.29 is 53.5 Å². The van der Waals surface area contributed by atoms with Crippen LogP contribution in [0.3, 0.4) is 0 Å². The van der Waals surface area contributed by atoms with Gasteiger partial charge in [0.2, 0.25) is 0 Å². The molecule has 0 aliphatic rings. The van der Waals surface area contributed by atoms with Crippen LogP contribution in [0.1, 0.15) is 26.3 Å². The molecule has 0 spiro atoms. The normalized spacial score (nSPS) is 11.0. The minimum atomic E-state index is -1.35. The Labute approximate surface area is 199 Å². The van der Waals surface area contributed by atoms with Gasteiger partial charge in [-0.25, -0.2) is 12.1 Å². The summed E-state index contributed by atoms with van der Waals surface area (Å²) in [6.07, 6.45) is 1.39. The van der Waals surface area contributed by atoms with E-state index in [0.29, 0.717) is 6.10 Å². The summed E-state index contributed by atoms with van der Waals surface area (Å²) < 4.78 is 7.46. The minimum Gasteiger partial charge on any atom is -1.00 e. The molecule has 3 aromatic rings. The fourth-order valence-corrected chi connectivity index (χ4v) is 3.89. The van der Waals surface area contributed by atoms with Crippen molar-refractivity contribution in [2.75, 3.05) is 0 Å². The quantitative estimate of drug-likeness (QED) is 0.364. The fraction of sp³-hybridized carbons (Fsp3) is 0.348. The SMILES string of the molecule is CC(C[c-]1cccc1)O[Si](C)(C)C.C[C](C)=[Zr+2].[Cl-].[Cl-].c1ccc2[cH-]ccc2c1. The number of hydrogen-bond acceptors (Lipinski definition) is 1. The maximum atomic E-state index is 5.95. The Balaban J connectivity index is 0. The van der Waals surface area contributed by atoms with E-state index in [1.807, 2.05) is 0 Å². The van der Waals surface area contributed by atoms with Gasteiger partial charge in [0.15, 0.2) is 8.32 Å². The molecule has 0 N–H and O–H groups in total. The summed E-state index contributed by atoms with van der Waals surface area (Å²) >= 11 is 1.55. The number of benzene rings is 1. The van der Waals surface area contributed by atoms with Crippen LogP contribution < -0.4 is 24.8 Å². The molecule has 28 heavy (non-hydrogen) atoms. The third-order valence-electron chi connectivity index (χ3n) is 3.36. The Morgan fingerprint density at radius 1 is 1.04 bits per heavy atom. The first kappa shape index (κ1) is 29.9. The van der Waals surface area contributed by atoms with Gasteiger partial charge in [-0.2, -0.15) is 35.2 Å². The van der Waals surface area contributed by atoms with E-state index in [4.69, 9.17) is 4.43 Å². The maximum absolute atomic E-state index is 5.95. The molecule has 154 valence electrons. The molecule has 0 saturated heterocycles. The third kappa shape index (κ3) is 14.7. The van der Waals surface area contributed by atoms with Gasteiger partial charge in [0, 0.05) is 6.10 Å². The summed E-state index contributed by atoms with van der Waals surface area (Å²) in [5.74, 6) is 0. The molecule has 0 aromatic heterocycles. The van der Waals surface area contributed by atoms with Crippen molar-refractivity contribution >= 4 is 22.3 Å². The van der Waals surface area contributed by atoms with Crippen molar-refractivity contribution in [2.24, 2.45) is 0 Å². The molecule has 0 saturated carbocycles. The van der Waals surface area contributed by atoms with Crippen LogP contribution in [0.25, 0.3) is 10.8 Å². The zero-order chi connectivity index (χ0) is 19.6. The van der Waals surface area contributed by atoms with Gasteiger partial charge in [0.1, 0.15) is 0 Å². The van der Waals surface area contributed by atoms with Crippen molar-refractivity contribution in [3.8, 4) is 0 Å². The first-order valence-electron chi connectivity index (χ1n) is 9.18. The van der Waals surface area contributed by atoms with Gasteiger partial charge in [0.05, 0.1) is 0 Å². The Kier molecular flexibility index (Phi) is 16.6. The molecule has 0 aliphatic heterocycles. The first-order valence-corrected chi connectivity index (χ1v) is 13.8. The van der Waals surface area contributed by atoms with E-state index in [1.165, 1.54) is 19.5 Å². The predicted molar refractivity (Wildman–Crippen MR) is 116 cm³/mol. The summed E-state index contributed by atoms with van der Waals surface area (Å²) in [6, 6.07) is 23.1. The van der Waals surface area contributed by atoms with Crippen molar-refractivity contribution in [3.63, 3.8) is 0 Å². The van der Waals surface area contributed by atoms with Crippen molar-refractivity contribution in [2.45, 2.75) is 52.9 Å². The van der Waals surface area contributed by atoms with Crippen molar-refractivity contribution in [1.82, 2.24) is 0 Å². The second kappa shape index (κ2) is 15.5. The smallest absolute Gasteiger partial charge is 0.0809 e. The summed E-state index contributed by atoms with van der Waals surface area (Å²) in [5.41, 5.74) is 1.38. The van der Waals surface area contributed by atoms with Crippen LogP contribution in [0.5, 0.6) is 0 Å². The van der Waals surface area contributed by atoms with E-state index < -0.39 is 8.32 Å². The average Bonchev–Trinajstić information content (AvgIpc) is 3.15. The number of rotatable bonds is 4. The Morgan fingerprint density at radius 3 is 2.07 bits per heavy atom. The summed E-state index contributed by atoms with van der Waals surface area (Å²) in [7, 11) is -1.35. The van der Waals surface area contributed by atoms with Crippen LogP contribution >= 0.6 is 0 Å². The van der Waals surface area contributed by atoms with Crippen LogP contribution in [0.15, 0.2) is 66.7 Å². The maximum Gasteiger partial charge on any atom is -0.0809 e. The standard InChI is InChI=1S/C11H19OSi.C9H7.C3H6.2ClH.Zr/c1-10(12-13(2,3)4)9-11-7-5-6-8-11;1-2-5-9-7-3-6-8(9)4-1;1-3-2;;;/h5-8,10H,9H2,1-4H3;1-7H;1-2H3;2*1H;/q2*-1;;;;+2/p-2. The van der Waals surface area contributed by atoms with Crippen LogP contribution in [0.2, 0.25) is 19.6 Å². The summed E-state index contributed by atoms with van der Waals surface area (Å²) in [4.78, 5) is 0. The summed E-state index contributed by atoms with van der Waals surface area (Å²) in [6.45, 7) is 13.1. The molecule has 5 heteroatoms. The molecular weight excluding hydrogens is 482 g/mol. The van der Waals surface area contributed by atoms with E-state index in [0.717, 1.165) is 6.42 Å². The topological polar surface area (TPSA) is 9.23 Å². The van der Waals surface area contributed by atoms with Gasteiger partial charge in [-0.3, -0.25) is 0 Å². The van der Waals surface area contributed by atoms with Gasteiger partial charge in [0.25, 0.3) is 0 Å². The van der Waals surface area contributed by atoms with Crippen molar-refractivity contribution in [1.29, 1.82) is 0 Å². The minimum absolute atomic E-state index is 0. The number of fused-ring (bicyclic) bond motifs is 1. The first-order chi connectivity index (χ1) is 12.2. The largest absolute Gasteiger partial charge is 1.00 e. The molecule has 0 radical (unpaired) electrons. The molecule has 0 fully saturated rings. The number of halogens is 2. The fourth-order valence-electron chi connectivity index (χ4n) is 2.60. The van der Waals surface area contributed by atoms with E-state index in [-0.39, 0.29) is 24.8 Å². The second-order valence-electron chi connectivity index (χ2n) is 7.69. The predicted octanol–water partition coefficient (Wildman–Crippen LogP) is 0.500. The molecule has 0 heterocycles. The monoisotopic (exact) mass is 512 g/mol. The van der Waals surface area contributed by atoms with Crippen LogP contribution in [-0.2, 0) is 35.1 Å².